The molecular weight excluding hydrogens is 282 g/mol. The average Bonchev–Trinajstić information content (AvgIpc) is 2.93. The van der Waals surface area contributed by atoms with Gasteiger partial charge in [-0.2, -0.15) is 0 Å². The van der Waals surface area contributed by atoms with Crippen molar-refractivity contribution in [3.05, 3.63) is 27.7 Å². The van der Waals surface area contributed by atoms with Crippen LogP contribution in [-0.2, 0) is 6.42 Å². The Balaban J connectivity index is 2.47. The number of hydrogen-bond donors (Lipinski definition) is 1. The molecule has 0 unspecified atom stereocenters. The summed E-state index contributed by atoms with van der Waals surface area (Å²) >= 11 is 2.94. The highest BCUT2D eigenvalue weighted by Crippen LogP contribution is 2.42. The maximum Gasteiger partial charge on any atom is 0.166 e. The third-order valence-corrected chi connectivity index (χ3v) is 3.33. The van der Waals surface area contributed by atoms with Crippen molar-refractivity contribution in [3.63, 3.8) is 0 Å². The number of halogens is 3. The van der Waals surface area contributed by atoms with Gasteiger partial charge >= 0.3 is 0 Å². The standard InChI is InChI=1S/C11H11BrF2O2/c1-16-10-6(5-11(15)2-3-11)9(14)7(12)4-8(10)13/h4,15H,2-3,5H2,1H3. The quantitative estimate of drug-likeness (QED) is 0.868. The van der Waals surface area contributed by atoms with Gasteiger partial charge in [-0.3, -0.25) is 0 Å². The summed E-state index contributed by atoms with van der Waals surface area (Å²) in [6.45, 7) is 0. The minimum absolute atomic E-state index is 0.0463. The molecule has 1 fully saturated rings. The van der Waals surface area contributed by atoms with Crippen LogP contribution in [0.2, 0.25) is 0 Å². The maximum absolute atomic E-state index is 13.8. The lowest BCUT2D eigenvalue weighted by molar-refractivity contribution is 0.148. The fraction of sp³-hybridized carbons (Fsp3) is 0.455. The van der Waals surface area contributed by atoms with E-state index in [2.05, 4.69) is 15.9 Å². The van der Waals surface area contributed by atoms with Crippen LogP contribution in [0.5, 0.6) is 5.75 Å². The van der Waals surface area contributed by atoms with E-state index in [4.69, 9.17) is 4.74 Å². The van der Waals surface area contributed by atoms with Crippen LogP contribution < -0.4 is 4.74 Å². The third-order valence-electron chi connectivity index (χ3n) is 2.76. The highest BCUT2D eigenvalue weighted by Gasteiger charge is 2.42. The predicted octanol–water partition coefficient (Wildman–Crippen LogP) is 2.80. The van der Waals surface area contributed by atoms with Gasteiger partial charge in [-0.15, -0.1) is 0 Å². The van der Waals surface area contributed by atoms with E-state index in [9.17, 15) is 13.9 Å². The molecule has 0 aromatic heterocycles. The number of benzene rings is 1. The van der Waals surface area contributed by atoms with Crippen molar-refractivity contribution in [2.45, 2.75) is 24.9 Å². The molecule has 1 aliphatic rings. The molecule has 1 N–H and O–H groups in total. The van der Waals surface area contributed by atoms with Crippen molar-refractivity contribution in [2.24, 2.45) is 0 Å². The third kappa shape index (κ3) is 2.06. The van der Waals surface area contributed by atoms with Crippen LogP contribution in [0.25, 0.3) is 0 Å². The monoisotopic (exact) mass is 292 g/mol. The van der Waals surface area contributed by atoms with Crippen molar-refractivity contribution in [2.75, 3.05) is 7.11 Å². The van der Waals surface area contributed by atoms with Crippen LogP contribution in [0, 0.1) is 11.6 Å². The van der Waals surface area contributed by atoms with Crippen LogP contribution in [-0.4, -0.2) is 17.8 Å². The second-order valence-electron chi connectivity index (χ2n) is 4.07. The predicted molar refractivity (Wildman–Crippen MR) is 58.5 cm³/mol. The zero-order valence-corrected chi connectivity index (χ0v) is 10.3. The van der Waals surface area contributed by atoms with Crippen molar-refractivity contribution in [1.82, 2.24) is 0 Å². The molecule has 1 aromatic rings. The molecule has 1 aliphatic carbocycles. The molecule has 0 heterocycles. The zero-order chi connectivity index (χ0) is 11.9. The molecule has 2 rings (SSSR count). The van der Waals surface area contributed by atoms with Crippen LogP contribution >= 0.6 is 15.9 Å². The summed E-state index contributed by atoms with van der Waals surface area (Å²) in [5.41, 5.74) is -0.796. The SMILES string of the molecule is COc1c(F)cc(Br)c(F)c1CC1(O)CC1. The van der Waals surface area contributed by atoms with Gasteiger partial charge in [0.25, 0.3) is 0 Å². The molecule has 16 heavy (non-hydrogen) atoms. The molecule has 1 aromatic carbocycles. The topological polar surface area (TPSA) is 29.5 Å². The van der Waals surface area contributed by atoms with Crippen molar-refractivity contribution < 1.29 is 18.6 Å². The molecule has 0 bridgehead atoms. The Bertz CT molecular complexity index is 430. The van der Waals surface area contributed by atoms with Crippen LogP contribution in [0.15, 0.2) is 10.5 Å². The first-order chi connectivity index (χ1) is 7.47. The van der Waals surface area contributed by atoms with Crippen molar-refractivity contribution in [3.8, 4) is 5.75 Å². The van der Waals surface area contributed by atoms with Gasteiger partial charge in [0.05, 0.1) is 17.2 Å². The van der Waals surface area contributed by atoms with E-state index in [1.165, 1.54) is 7.11 Å². The van der Waals surface area contributed by atoms with Gasteiger partial charge < -0.3 is 9.84 Å². The summed E-state index contributed by atoms with van der Waals surface area (Å²) in [4.78, 5) is 0. The molecule has 5 heteroatoms. The zero-order valence-electron chi connectivity index (χ0n) is 8.69. The molecule has 0 saturated heterocycles. The molecular formula is C11H11BrF2O2. The number of aliphatic hydroxyl groups is 1. The Labute approximate surface area is 100 Å². The molecule has 0 radical (unpaired) electrons. The van der Waals surface area contributed by atoms with Gasteiger partial charge in [0.15, 0.2) is 11.6 Å². The lowest BCUT2D eigenvalue weighted by atomic mass is 10.0. The Morgan fingerprint density at radius 3 is 2.62 bits per heavy atom. The fourth-order valence-electron chi connectivity index (χ4n) is 1.66. The Morgan fingerprint density at radius 2 is 2.12 bits per heavy atom. The summed E-state index contributed by atoms with van der Waals surface area (Å²) in [6.07, 6.45) is 1.31. The van der Waals surface area contributed by atoms with E-state index in [0.717, 1.165) is 6.07 Å². The van der Waals surface area contributed by atoms with Crippen molar-refractivity contribution >= 4 is 15.9 Å². The largest absolute Gasteiger partial charge is 0.493 e. The average molecular weight is 293 g/mol. The second-order valence-corrected chi connectivity index (χ2v) is 4.92. The Hall–Kier alpha value is -0.680. The van der Waals surface area contributed by atoms with E-state index < -0.39 is 17.2 Å². The summed E-state index contributed by atoms with van der Waals surface area (Å²) < 4.78 is 32.2. The number of hydrogen-bond acceptors (Lipinski definition) is 2. The lowest BCUT2D eigenvalue weighted by Gasteiger charge is -2.14. The van der Waals surface area contributed by atoms with Gasteiger partial charge in [0.2, 0.25) is 0 Å². The van der Waals surface area contributed by atoms with E-state index in [-0.39, 0.29) is 22.2 Å². The van der Waals surface area contributed by atoms with Gasteiger partial charge in [-0.1, -0.05) is 0 Å². The first-order valence-corrected chi connectivity index (χ1v) is 5.69. The van der Waals surface area contributed by atoms with E-state index >= 15 is 0 Å². The van der Waals surface area contributed by atoms with Gasteiger partial charge in [-0.05, 0) is 34.8 Å². The van der Waals surface area contributed by atoms with Crippen LogP contribution in [0.3, 0.4) is 0 Å². The van der Waals surface area contributed by atoms with Gasteiger partial charge in [0.1, 0.15) is 5.82 Å². The molecule has 0 aliphatic heterocycles. The second kappa shape index (κ2) is 3.96. The smallest absolute Gasteiger partial charge is 0.166 e. The summed E-state index contributed by atoms with van der Waals surface area (Å²) in [6, 6.07) is 1.02. The van der Waals surface area contributed by atoms with Gasteiger partial charge in [-0.25, -0.2) is 8.78 Å². The van der Waals surface area contributed by atoms with Crippen molar-refractivity contribution in [1.29, 1.82) is 0 Å². The molecule has 88 valence electrons. The molecule has 0 spiro atoms. The van der Waals surface area contributed by atoms with E-state index in [0.29, 0.717) is 12.8 Å². The maximum atomic E-state index is 13.8. The highest BCUT2D eigenvalue weighted by atomic mass is 79.9. The number of methoxy groups -OCH3 is 1. The van der Waals surface area contributed by atoms with Gasteiger partial charge in [0, 0.05) is 12.0 Å². The summed E-state index contributed by atoms with van der Waals surface area (Å²) in [5.74, 6) is -1.32. The van der Waals surface area contributed by atoms with Crippen LogP contribution in [0.4, 0.5) is 8.78 Å². The van der Waals surface area contributed by atoms with Crippen LogP contribution in [0.1, 0.15) is 18.4 Å². The Kier molecular flexibility index (Phi) is 2.92. The highest BCUT2D eigenvalue weighted by molar-refractivity contribution is 9.10. The fourth-order valence-corrected chi connectivity index (χ4v) is 2.10. The summed E-state index contributed by atoms with van der Waals surface area (Å²) in [5, 5.41) is 9.75. The van der Waals surface area contributed by atoms with E-state index in [1.54, 1.807) is 0 Å². The number of ether oxygens (including phenoxy) is 1. The lowest BCUT2D eigenvalue weighted by Crippen LogP contribution is -2.14. The molecule has 0 amide bonds. The number of rotatable bonds is 3. The first-order valence-electron chi connectivity index (χ1n) is 4.89. The Morgan fingerprint density at radius 1 is 1.50 bits per heavy atom. The molecule has 2 nitrogen and oxygen atoms in total. The van der Waals surface area contributed by atoms with E-state index in [1.807, 2.05) is 0 Å². The molecule has 0 atom stereocenters. The minimum atomic E-state index is -0.888. The summed E-state index contributed by atoms with van der Waals surface area (Å²) in [7, 11) is 1.28. The first kappa shape index (κ1) is 11.8. The minimum Gasteiger partial charge on any atom is -0.493 e. The normalized spacial score (nSPS) is 17.3. The molecule has 1 saturated carbocycles.